The molecule has 1 saturated heterocycles. The van der Waals surface area contributed by atoms with E-state index < -0.39 is 0 Å². The molecule has 3 heteroatoms. The van der Waals surface area contributed by atoms with E-state index in [9.17, 15) is 0 Å². The summed E-state index contributed by atoms with van der Waals surface area (Å²) in [6.07, 6.45) is 4.06. The van der Waals surface area contributed by atoms with Crippen LogP contribution in [0.1, 0.15) is 24.8 Å². The summed E-state index contributed by atoms with van der Waals surface area (Å²) in [4.78, 5) is 2.48. The van der Waals surface area contributed by atoms with E-state index in [4.69, 9.17) is 10.5 Å². The number of rotatable bonds is 5. The Bertz CT molecular complexity index is 335. The number of hydrogen-bond donors (Lipinski definition) is 1. The lowest BCUT2D eigenvalue weighted by Crippen LogP contribution is -2.33. The first-order valence-corrected chi connectivity index (χ1v) is 6.52. The molecule has 1 heterocycles. The van der Waals surface area contributed by atoms with Gasteiger partial charge in [-0.25, -0.2) is 0 Å². The van der Waals surface area contributed by atoms with Crippen molar-refractivity contribution in [1.29, 1.82) is 0 Å². The molecular formula is C14H22N2O. The Labute approximate surface area is 104 Å². The minimum Gasteiger partial charge on any atom is -0.492 e. The molecule has 0 bridgehead atoms. The maximum atomic E-state index is 5.75. The summed E-state index contributed by atoms with van der Waals surface area (Å²) < 4.78 is 5.75. The fourth-order valence-electron chi connectivity index (χ4n) is 2.24. The number of nitrogens with zero attached hydrogens (tertiary/aromatic N) is 1. The summed E-state index contributed by atoms with van der Waals surface area (Å²) in [5, 5.41) is 0. The average Bonchev–Trinajstić information content (AvgIpc) is 2.40. The third-order valence-electron chi connectivity index (χ3n) is 3.26. The predicted molar refractivity (Wildman–Crippen MR) is 70.1 cm³/mol. The van der Waals surface area contributed by atoms with Gasteiger partial charge in [0.2, 0.25) is 0 Å². The zero-order chi connectivity index (χ0) is 11.9. The topological polar surface area (TPSA) is 38.5 Å². The first-order valence-electron chi connectivity index (χ1n) is 6.52. The SMILES string of the molecule is NCc1cccc(OCCN2CCCCC2)c1. The number of nitrogens with two attached hydrogens (primary N) is 1. The molecule has 0 atom stereocenters. The van der Waals surface area contributed by atoms with Crippen molar-refractivity contribution in [1.82, 2.24) is 4.90 Å². The highest BCUT2D eigenvalue weighted by Gasteiger charge is 2.09. The summed E-state index contributed by atoms with van der Waals surface area (Å²) in [6, 6.07) is 8.04. The van der Waals surface area contributed by atoms with Gasteiger partial charge in [-0.3, -0.25) is 4.90 Å². The van der Waals surface area contributed by atoms with E-state index in [0.717, 1.165) is 24.5 Å². The van der Waals surface area contributed by atoms with Gasteiger partial charge in [0, 0.05) is 13.1 Å². The Morgan fingerprint density at radius 2 is 2.00 bits per heavy atom. The van der Waals surface area contributed by atoms with Crippen molar-refractivity contribution in [3.05, 3.63) is 29.8 Å². The van der Waals surface area contributed by atoms with Crippen LogP contribution in [-0.4, -0.2) is 31.1 Å². The molecule has 94 valence electrons. The van der Waals surface area contributed by atoms with E-state index >= 15 is 0 Å². The molecular weight excluding hydrogens is 212 g/mol. The summed E-state index contributed by atoms with van der Waals surface area (Å²) in [7, 11) is 0. The number of piperidine rings is 1. The molecule has 0 radical (unpaired) electrons. The average molecular weight is 234 g/mol. The van der Waals surface area contributed by atoms with Gasteiger partial charge in [-0.05, 0) is 43.6 Å². The zero-order valence-electron chi connectivity index (χ0n) is 10.4. The second kappa shape index (κ2) is 6.62. The lowest BCUT2D eigenvalue weighted by Gasteiger charge is -2.26. The maximum absolute atomic E-state index is 5.75. The molecule has 1 aromatic carbocycles. The molecule has 17 heavy (non-hydrogen) atoms. The van der Waals surface area contributed by atoms with E-state index in [0.29, 0.717) is 6.54 Å². The van der Waals surface area contributed by atoms with Crippen LogP contribution in [0.4, 0.5) is 0 Å². The minimum absolute atomic E-state index is 0.573. The summed E-state index contributed by atoms with van der Waals surface area (Å²) in [5.74, 6) is 0.935. The summed E-state index contributed by atoms with van der Waals surface area (Å²) in [6.45, 7) is 4.84. The van der Waals surface area contributed by atoms with Crippen LogP contribution in [-0.2, 0) is 6.54 Å². The van der Waals surface area contributed by atoms with Gasteiger partial charge in [0.15, 0.2) is 0 Å². The maximum Gasteiger partial charge on any atom is 0.119 e. The van der Waals surface area contributed by atoms with Crippen LogP contribution in [0.3, 0.4) is 0 Å². The van der Waals surface area contributed by atoms with E-state index in [-0.39, 0.29) is 0 Å². The Morgan fingerprint density at radius 1 is 1.18 bits per heavy atom. The normalized spacial score (nSPS) is 17.0. The van der Waals surface area contributed by atoms with Crippen LogP contribution in [0.15, 0.2) is 24.3 Å². The van der Waals surface area contributed by atoms with Crippen molar-refractivity contribution in [3.63, 3.8) is 0 Å². The molecule has 0 aromatic heterocycles. The van der Waals surface area contributed by atoms with Gasteiger partial charge in [0.1, 0.15) is 12.4 Å². The lowest BCUT2D eigenvalue weighted by molar-refractivity contribution is 0.183. The standard InChI is InChI=1S/C14H22N2O/c15-12-13-5-4-6-14(11-13)17-10-9-16-7-2-1-3-8-16/h4-6,11H,1-3,7-10,12,15H2. The van der Waals surface area contributed by atoms with Gasteiger partial charge >= 0.3 is 0 Å². The summed E-state index contributed by atoms with van der Waals surface area (Å²) >= 11 is 0. The molecule has 0 amide bonds. The molecule has 1 aliphatic rings. The van der Waals surface area contributed by atoms with Gasteiger partial charge in [-0.2, -0.15) is 0 Å². The first kappa shape index (κ1) is 12.4. The lowest BCUT2D eigenvalue weighted by atomic mass is 10.1. The number of likely N-dealkylation sites (tertiary alicyclic amines) is 1. The number of ether oxygens (including phenoxy) is 1. The zero-order valence-corrected chi connectivity index (χ0v) is 10.4. The van der Waals surface area contributed by atoms with E-state index in [2.05, 4.69) is 4.90 Å². The third-order valence-corrected chi connectivity index (χ3v) is 3.26. The first-order chi connectivity index (χ1) is 8.38. The molecule has 0 aliphatic carbocycles. The van der Waals surface area contributed by atoms with Crippen LogP contribution in [0.25, 0.3) is 0 Å². The second-order valence-electron chi connectivity index (χ2n) is 4.60. The van der Waals surface area contributed by atoms with E-state index in [1.165, 1.54) is 32.4 Å². The van der Waals surface area contributed by atoms with Gasteiger partial charge in [0.25, 0.3) is 0 Å². The van der Waals surface area contributed by atoms with Gasteiger partial charge in [-0.1, -0.05) is 18.6 Å². The van der Waals surface area contributed by atoms with Crippen molar-refractivity contribution < 1.29 is 4.74 Å². The van der Waals surface area contributed by atoms with E-state index in [1.807, 2.05) is 24.3 Å². The van der Waals surface area contributed by atoms with Crippen molar-refractivity contribution in [2.24, 2.45) is 5.73 Å². The third kappa shape index (κ3) is 4.02. The molecule has 2 N–H and O–H groups in total. The summed E-state index contributed by atoms with van der Waals surface area (Å²) in [5.41, 5.74) is 6.73. The molecule has 1 aliphatic heterocycles. The van der Waals surface area contributed by atoms with Gasteiger partial charge in [0.05, 0.1) is 0 Å². The van der Waals surface area contributed by atoms with Gasteiger partial charge < -0.3 is 10.5 Å². The Balaban J connectivity index is 1.73. The van der Waals surface area contributed by atoms with Crippen molar-refractivity contribution >= 4 is 0 Å². The van der Waals surface area contributed by atoms with Crippen molar-refractivity contribution in [2.75, 3.05) is 26.2 Å². The number of hydrogen-bond acceptors (Lipinski definition) is 3. The van der Waals surface area contributed by atoms with E-state index in [1.54, 1.807) is 0 Å². The molecule has 2 rings (SSSR count). The Morgan fingerprint density at radius 3 is 2.76 bits per heavy atom. The smallest absolute Gasteiger partial charge is 0.119 e. The monoisotopic (exact) mass is 234 g/mol. The molecule has 0 saturated carbocycles. The van der Waals surface area contributed by atoms with Crippen LogP contribution < -0.4 is 10.5 Å². The molecule has 1 fully saturated rings. The highest BCUT2D eigenvalue weighted by Crippen LogP contribution is 2.13. The van der Waals surface area contributed by atoms with Gasteiger partial charge in [-0.15, -0.1) is 0 Å². The molecule has 0 unspecified atom stereocenters. The largest absolute Gasteiger partial charge is 0.492 e. The van der Waals surface area contributed by atoms with Crippen molar-refractivity contribution in [2.45, 2.75) is 25.8 Å². The highest BCUT2D eigenvalue weighted by atomic mass is 16.5. The molecule has 0 spiro atoms. The highest BCUT2D eigenvalue weighted by molar-refractivity contribution is 5.28. The molecule has 1 aromatic rings. The van der Waals surface area contributed by atoms with Crippen LogP contribution >= 0.6 is 0 Å². The fraction of sp³-hybridized carbons (Fsp3) is 0.571. The number of benzene rings is 1. The quantitative estimate of drug-likeness (QED) is 0.847. The van der Waals surface area contributed by atoms with Crippen LogP contribution in [0.2, 0.25) is 0 Å². The van der Waals surface area contributed by atoms with Crippen LogP contribution in [0.5, 0.6) is 5.75 Å². The molecule has 3 nitrogen and oxygen atoms in total. The second-order valence-corrected chi connectivity index (χ2v) is 4.60. The fourth-order valence-corrected chi connectivity index (χ4v) is 2.24. The minimum atomic E-state index is 0.573. The predicted octanol–water partition coefficient (Wildman–Crippen LogP) is 2.01. The van der Waals surface area contributed by atoms with Crippen LogP contribution in [0, 0.1) is 0 Å². The Hall–Kier alpha value is -1.06. The van der Waals surface area contributed by atoms with Crippen molar-refractivity contribution in [3.8, 4) is 5.75 Å². The Kier molecular flexibility index (Phi) is 4.83.